The highest BCUT2D eigenvalue weighted by Crippen LogP contribution is 2.39. The van der Waals surface area contributed by atoms with Crippen molar-refractivity contribution in [3.05, 3.63) is 53.7 Å². The number of carbonyl (C=O) groups excluding carboxylic acids is 3. The molecule has 2 aliphatic heterocycles. The summed E-state index contributed by atoms with van der Waals surface area (Å²) >= 11 is 0. The van der Waals surface area contributed by atoms with Gasteiger partial charge in [-0.2, -0.15) is 0 Å². The molecule has 13 nitrogen and oxygen atoms in total. The summed E-state index contributed by atoms with van der Waals surface area (Å²) in [6.07, 6.45) is 5.63. The molecule has 44 heavy (non-hydrogen) atoms. The van der Waals surface area contributed by atoms with Gasteiger partial charge >= 0.3 is 0 Å². The second-order valence-corrected chi connectivity index (χ2v) is 11.7. The van der Waals surface area contributed by atoms with Crippen molar-refractivity contribution in [2.24, 2.45) is 0 Å². The molecule has 0 atom stereocenters. The van der Waals surface area contributed by atoms with E-state index in [-0.39, 0.29) is 23.4 Å². The van der Waals surface area contributed by atoms with Gasteiger partial charge in [-0.1, -0.05) is 0 Å². The first-order chi connectivity index (χ1) is 21.4. The molecule has 0 radical (unpaired) electrons. The molecule has 2 N–H and O–H groups in total. The molecule has 13 heteroatoms. The van der Waals surface area contributed by atoms with Crippen molar-refractivity contribution in [3.63, 3.8) is 0 Å². The Labute approximate surface area is 256 Å². The molecule has 2 saturated heterocycles. The Morgan fingerprint density at radius 3 is 2.48 bits per heavy atom. The van der Waals surface area contributed by atoms with Crippen LogP contribution in [-0.4, -0.2) is 97.7 Å². The number of nitrogens with one attached hydrogen (secondary N) is 2. The summed E-state index contributed by atoms with van der Waals surface area (Å²) in [7, 11) is 3.86. The number of rotatable bonds is 11. The van der Waals surface area contributed by atoms with Gasteiger partial charge in [-0.3, -0.25) is 14.4 Å². The molecule has 3 aliphatic rings. The third-order valence-electron chi connectivity index (χ3n) is 8.29. The molecule has 2 aromatic heterocycles. The van der Waals surface area contributed by atoms with Crippen LogP contribution in [0.25, 0.3) is 0 Å². The van der Waals surface area contributed by atoms with Crippen LogP contribution in [0.1, 0.15) is 64.8 Å². The molecule has 0 spiro atoms. The zero-order chi connectivity index (χ0) is 30.6. The SMILES string of the molecule is CN(C)c1ccc(N2CCN(c3ccc(C(=O)NCCCN4CCCC4=O)cc3NC(=O)c3coc(C4CC4)n3)CC2)nn1. The number of aromatic nitrogens is 3. The van der Waals surface area contributed by atoms with Crippen LogP contribution in [-0.2, 0) is 4.79 Å². The van der Waals surface area contributed by atoms with Crippen molar-refractivity contribution in [3.8, 4) is 0 Å². The average Bonchev–Trinajstić information content (AvgIpc) is 3.62. The van der Waals surface area contributed by atoms with E-state index in [1.54, 1.807) is 12.1 Å². The first-order valence-electron chi connectivity index (χ1n) is 15.3. The van der Waals surface area contributed by atoms with Crippen molar-refractivity contribution < 1.29 is 18.8 Å². The van der Waals surface area contributed by atoms with Gasteiger partial charge in [0.2, 0.25) is 5.91 Å². The summed E-state index contributed by atoms with van der Waals surface area (Å²) < 4.78 is 5.54. The van der Waals surface area contributed by atoms with Crippen LogP contribution in [0.3, 0.4) is 0 Å². The molecule has 6 rings (SSSR count). The van der Waals surface area contributed by atoms with E-state index in [2.05, 4.69) is 35.6 Å². The number of carbonyl (C=O) groups is 3. The normalized spacial score (nSPS) is 16.8. The van der Waals surface area contributed by atoms with Crippen LogP contribution < -0.4 is 25.3 Å². The predicted octanol–water partition coefficient (Wildman–Crippen LogP) is 2.73. The fraction of sp³-hybridized carbons (Fsp3) is 0.484. The summed E-state index contributed by atoms with van der Waals surface area (Å²) in [6.45, 7) is 4.70. The van der Waals surface area contributed by atoms with E-state index in [0.717, 1.165) is 56.2 Å². The van der Waals surface area contributed by atoms with Gasteiger partial charge < -0.3 is 34.7 Å². The average molecular weight is 602 g/mol. The highest BCUT2D eigenvalue weighted by molar-refractivity contribution is 6.06. The van der Waals surface area contributed by atoms with Crippen molar-refractivity contribution in [1.82, 2.24) is 25.4 Å². The highest BCUT2D eigenvalue weighted by atomic mass is 16.3. The van der Waals surface area contributed by atoms with Gasteiger partial charge in [-0.15, -0.1) is 10.2 Å². The molecule has 3 aromatic rings. The van der Waals surface area contributed by atoms with Gasteiger partial charge in [0.1, 0.15) is 6.26 Å². The number of anilines is 4. The second kappa shape index (κ2) is 12.9. The lowest BCUT2D eigenvalue weighted by molar-refractivity contribution is -0.127. The lowest BCUT2D eigenvalue weighted by Gasteiger charge is -2.37. The molecule has 3 fully saturated rings. The van der Waals surface area contributed by atoms with Crippen molar-refractivity contribution in [1.29, 1.82) is 0 Å². The van der Waals surface area contributed by atoms with Gasteiger partial charge in [0, 0.05) is 77.8 Å². The van der Waals surface area contributed by atoms with Crippen LogP contribution in [0.4, 0.5) is 23.0 Å². The lowest BCUT2D eigenvalue weighted by atomic mass is 10.1. The molecule has 1 aromatic carbocycles. The maximum atomic E-state index is 13.3. The quantitative estimate of drug-likeness (QED) is 0.315. The molecular formula is C31H39N9O4. The van der Waals surface area contributed by atoms with E-state index in [1.165, 1.54) is 6.26 Å². The highest BCUT2D eigenvalue weighted by Gasteiger charge is 2.30. The van der Waals surface area contributed by atoms with Crippen LogP contribution in [0, 0.1) is 0 Å². The molecule has 232 valence electrons. The van der Waals surface area contributed by atoms with Crippen molar-refractivity contribution in [2.45, 2.75) is 38.0 Å². The molecule has 1 aliphatic carbocycles. The number of hydrogen-bond donors (Lipinski definition) is 2. The Kier molecular flexibility index (Phi) is 8.62. The minimum absolute atomic E-state index is 0.180. The zero-order valence-electron chi connectivity index (χ0n) is 25.3. The maximum absolute atomic E-state index is 13.3. The van der Waals surface area contributed by atoms with Crippen molar-refractivity contribution >= 4 is 40.7 Å². The number of benzene rings is 1. The summed E-state index contributed by atoms with van der Waals surface area (Å²) in [5.74, 6) is 2.07. The van der Waals surface area contributed by atoms with Gasteiger partial charge in [0.25, 0.3) is 11.8 Å². The summed E-state index contributed by atoms with van der Waals surface area (Å²) in [4.78, 5) is 50.7. The number of oxazole rings is 1. The molecule has 0 bridgehead atoms. The Hall–Kier alpha value is -4.68. The van der Waals surface area contributed by atoms with E-state index in [9.17, 15) is 14.4 Å². The topological polar surface area (TPSA) is 140 Å². The Morgan fingerprint density at radius 1 is 1.00 bits per heavy atom. The molecule has 3 amide bonds. The summed E-state index contributed by atoms with van der Waals surface area (Å²) in [6, 6.07) is 9.31. The van der Waals surface area contributed by atoms with Gasteiger partial charge in [0.05, 0.1) is 11.4 Å². The monoisotopic (exact) mass is 601 g/mol. The fourth-order valence-corrected chi connectivity index (χ4v) is 5.57. The minimum Gasteiger partial charge on any atom is -0.448 e. The van der Waals surface area contributed by atoms with E-state index in [1.807, 2.05) is 42.1 Å². The van der Waals surface area contributed by atoms with Crippen molar-refractivity contribution in [2.75, 3.05) is 79.9 Å². The predicted molar refractivity (Wildman–Crippen MR) is 166 cm³/mol. The van der Waals surface area contributed by atoms with Gasteiger partial charge in [-0.25, -0.2) is 4.98 Å². The Morgan fingerprint density at radius 2 is 1.80 bits per heavy atom. The lowest BCUT2D eigenvalue weighted by Crippen LogP contribution is -2.47. The molecular weight excluding hydrogens is 562 g/mol. The third kappa shape index (κ3) is 6.76. The Balaban J connectivity index is 1.14. The standard InChI is InChI=1S/C31H39N9O4/c1-37(2)26-10-11-27(36-35-26)39-17-15-38(16-18-39)25-9-8-22(29(42)32-12-4-14-40-13-3-5-28(40)41)19-23(25)33-30(43)24-20-44-31(34-24)21-6-7-21/h8-11,19-21H,3-7,12-18H2,1-2H3,(H,32,42)(H,33,43). The fourth-order valence-electron chi connectivity index (χ4n) is 5.57. The smallest absolute Gasteiger partial charge is 0.277 e. The zero-order valence-corrected chi connectivity index (χ0v) is 25.3. The van der Waals surface area contributed by atoms with E-state index >= 15 is 0 Å². The van der Waals surface area contributed by atoms with Crippen LogP contribution in [0.2, 0.25) is 0 Å². The maximum Gasteiger partial charge on any atom is 0.277 e. The number of likely N-dealkylation sites (tertiary alicyclic amines) is 1. The molecule has 0 unspecified atom stereocenters. The van der Waals surface area contributed by atoms with Crippen LogP contribution >= 0.6 is 0 Å². The van der Waals surface area contributed by atoms with E-state index < -0.39 is 0 Å². The van der Waals surface area contributed by atoms with Crippen LogP contribution in [0.5, 0.6) is 0 Å². The van der Waals surface area contributed by atoms with Gasteiger partial charge in [0.15, 0.2) is 23.2 Å². The first kappa shape index (κ1) is 29.4. The van der Waals surface area contributed by atoms with Crippen LogP contribution in [0.15, 0.2) is 41.0 Å². The van der Waals surface area contributed by atoms with Gasteiger partial charge in [-0.05, 0) is 56.0 Å². The molecule has 1 saturated carbocycles. The number of piperazine rings is 1. The third-order valence-corrected chi connectivity index (χ3v) is 8.29. The number of amides is 3. The number of hydrogen-bond acceptors (Lipinski definition) is 10. The summed E-state index contributed by atoms with van der Waals surface area (Å²) in [5.41, 5.74) is 2.01. The largest absolute Gasteiger partial charge is 0.448 e. The first-order valence-corrected chi connectivity index (χ1v) is 15.3. The summed E-state index contributed by atoms with van der Waals surface area (Å²) in [5, 5.41) is 14.6. The minimum atomic E-state index is -0.385. The van der Waals surface area contributed by atoms with E-state index in [0.29, 0.717) is 62.1 Å². The second-order valence-electron chi connectivity index (χ2n) is 11.7. The Bertz CT molecular complexity index is 1490. The molecule has 4 heterocycles. The van der Waals surface area contributed by atoms with E-state index in [4.69, 9.17) is 4.42 Å². The number of nitrogens with zero attached hydrogens (tertiary/aromatic N) is 7.